The summed E-state index contributed by atoms with van der Waals surface area (Å²) >= 11 is 4.98. The molecule has 5 nitrogen and oxygen atoms in total. The third-order valence-corrected chi connectivity index (χ3v) is 5.42. The quantitative estimate of drug-likeness (QED) is 0.723. The molecule has 2 aliphatic rings. The molecule has 3 N–H and O–H groups in total. The van der Waals surface area contributed by atoms with Crippen molar-refractivity contribution < 1.29 is 13.2 Å². The Hall–Kier alpha value is -0.240. The van der Waals surface area contributed by atoms with Crippen LogP contribution in [0.25, 0.3) is 0 Å². The Labute approximate surface area is 113 Å². The second kappa shape index (κ2) is 5.81. The molecular weight excluding hydrogens is 272 g/mol. The van der Waals surface area contributed by atoms with Crippen molar-refractivity contribution in [1.29, 1.82) is 0 Å². The topological polar surface area (TPSA) is 81.4 Å². The average Bonchev–Trinajstić information content (AvgIpc) is 2.87. The molecule has 1 aliphatic heterocycles. The molecule has 18 heavy (non-hydrogen) atoms. The number of thiocarbonyl (C=S) groups is 1. The lowest BCUT2D eigenvalue weighted by molar-refractivity contribution is 0.127. The van der Waals surface area contributed by atoms with E-state index >= 15 is 0 Å². The largest absolute Gasteiger partial charge is 0.393 e. The number of nitrogens with two attached hydrogens (primary N) is 1. The Morgan fingerprint density at radius 1 is 1.33 bits per heavy atom. The molecule has 2 fully saturated rings. The third kappa shape index (κ3) is 3.63. The molecule has 7 heteroatoms. The van der Waals surface area contributed by atoms with Gasteiger partial charge >= 0.3 is 0 Å². The highest BCUT2D eigenvalue weighted by atomic mass is 32.2. The molecule has 0 bridgehead atoms. The predicted molar refractivity (Wildman–Crippen MR) is 73.8 cm³/mol. The Kier molecular flexibility index (Phi) is 4.58. The summed E-state index contributed by atoms with van der Waals surface area (Å²) < 4.78 is 32.2. The van der Waals surface area contributed by atoms with E-state index in [9.17, 15) is 8.42 Å². The van der Waals surface area contributed by atoms with Gasteiger partial charge in [-0.15, -0.1) is 0 Å². The maximum Gasteiger partial charge on any atom is 0.214 e. The van der Waals surface area contributed by atoms with E-state index in [1.165, 1.54) is 0 Å². The molecule has 104 valence electrons. The summed E-state index contributed by atoms with van der Waals surface area (Å²) in [6, 6.07) is -0.131. The van der Waals surface area contributed by atoms with E-state index in [0.29, 0.717) is 11.6 Å². The highest BCUT2D eigenvalue weighted by molar-refractivity contribution is 7.89. The number of hydrogen-bond acceptors (Lipinski definition) is 4. The summed E-state index contributed by atoms with van der Waals surface area (Å²) in [7, 11) is -3.31. The minimum Gasteiger partial charge on any atom is -0.393 e. The molecule has 0 radical (unpaired) electrons. The van der Waals surface area contributed by atoms with Gasteiger partial charge in [-0.05, 0) is 25.7 Å². The van der Waals surface area contributed by atoms with Crippen molar-refractivity contribution in [1.82, 2.24) is 4.72 Å². The maximum absolute atomic E-state index is 12.0. The zero-order chi connectivity index (χ0) is 13.2. The van der Waals surface area contributed by atoms with Gasteiger partial charge in [-0.2, -0.15) is 0 Å². The van der Waals surface area contributed by atoms with Crippen molar-refractivity contribution in [3.8, 4) is 0 Å². The van der Waals surface area contributed by atoms with Crippen molar-refractivity contribution in [2.75, 3.05) is 12.4 Å². The van der Waals surface area contributed by atoms with Gasteiger partial charge in [0.15, 0.2) is 0 Å². The summed E-state index contributed by atoms with van der Waals surface area (Å²) in [6.45, 7) is 0.666. The SMILES string of the molecule is NC(=S)C1CCCC1NS(=O)(=O)CC1CCCO1. The third-order valence-electron chi connectivity index (χ3n) is 3.64. The molecule has 0 amide bonds. The smallest absolute Gasteiger partial charge is 0.214 e. The first-order chi connectivity index (χ1) is 8.48. The van der Waals surface area contributed by atoms with E-state index in [2.05, 4.69) is 4.72 Å². The molecule has 1 heterocycles. The molecular formula is C11H20N2O3S2. The van der Waals surface area contributed by atoms with Gasteiger partial charge in [-0.1, -0.05) is 18.6 Å². The van der Waals surface area contributed by atoms with Crippen LogP contribution in [0.4, 0.5) is 0 Å². The van der Waals surface area contributed by atoms with E-state index < -0.39 is 10.0 Å². The Morgan fingerprint density at radius 3 is 2.72 bits per heavy atom. The molecule has 0 aromatic rings. The van der Waals surface area contributed by atoms with Crippen LogP contribution in [0.3, 0.4) is 0 Å². The van der Waals surface area contributed by atoms with Gasteiger partial charge in [0.05, 0.1) is 16.8 Å². The van der Waals surface area contributed by atoms with Gasteiger partial charge in [0.2, 0.25) is 10.0 Å². The second-order valence-corrected chi connectivity index (χ2v) is 7.35. The minimum atomic E-state index is -3.31. The van der Waals surface area contributed by atoms with Gasteiger partial charge in [-0.3, -0.25) is 0 Å². The molecule has 0 spiro atoms. The van der Waals surface area contributed by atoms with Crippen LogP contribution in [0.5, 0.6) is 0 Å². The summed E-state index contributed by atoms with van der Waals surface area (Å²) in [5.41, 5.74) is 5.64. The zero-order valence-electron chi connectivity index (χ0n) is 10.3. The fourth-order valence-corrected chi connectivity index (χ4v) is 4.61. The summed E-state index contributed by atoms with van der Waals surface area (Å²) in [6.07, 6.45) is 4.26. The van der Waals surface area contributed by atoms with Crippen LogP contribution in [0.15, 0.2) is 0 Å². The van der Waals surface area contributed by atoms with Crippen LogP contribution < -0.4 is 10.5 Å². The number of rotatable bonds is 5. The molecule has 0 aromatic carbocycles. The first kappa shape index (κ1) is 14.2. The van der Waals surface area contributed by atoms with Crippen LogP contribution >= 0.6 is 12.2 Å². The fourth-order valence-electron chi connectivity index (χ4n) is 2.74. The lowest BCUT2D eigenvalue weighted by Crippen LogP contribution is -2.44. The van der Waals surface area contributed by atoms with Gasteiger partial charge in [-0.25, -0.2) is 13.1 Å². The second-order valence-electron chi connectivity index (χ2n) is 5.08. The summed E-state index contributed by atoms with van der Waals surface area (Å²) in [5.74, 6) is 0.0485. The molecule has 1 saturated heterocycles. The maximum atomic E-state index is 12.0. The predicted octanol–water partition coefficient (Wildman–Crippen LogP) is 0.540. The van der Waals surface area contributed by atoms with Crippen molar-refractivity contribution >= 4 is 27.2 Å². The lowest BCUT2D eigenvalue weighted by atomic mass is 10.1. The summed E-state index contributed by atoms with van der Waals surface area (Å²) in [4.78, 5) is 0.414. The van der Waals surface area contributed by atoms with E-state index in [-0.39, 0.29) is 23.8 Å². The molecule has 1 saturated carbocycles. The fraction of sp³-hybridized carbons (Fsp3) is 0.909. The van der Waals surface area contributed by atoms with Crippen LogP contribution in [0, 0.1) is 5.92 Å². The van der Waals surface area contributed by atoms with E-state index in [4.69, 9.17) is 22.7 Å². The monoisotopic (exact) mass is 292 g/mol. The van der Waals surface area contributed by atoms with Gasteiger partial charge < -0.3 is 10.5 Å². The van der Waals surface area contributed by atoms with Crippen LogP contribution in [0.1, 0.15) is 32.1 Å². The van der Waals surface area contributed by atoms with Crippen molar-refractivity contribution in [3.05, 3.63) is 0 Å². The van der Waals surface area contributed by atoms with E-state index in [0.717, 1.165) is 32.1 Å². The number of nitrogens with one attached hydrogen (secondary N) is 1. The first-order valence-corrected chi connectivity index (χ1v) is 8.45. The van der Waals surface area contributed by atoms with Crippen molar-refractivity contribution in [2.24, 2.45) is 11.7 Å². The molecule has 2 rings (SSSR count). The van der Waals surface area contributed by atoms with Crippen molar-refractivity contribution in [2.45, 2.75) is 44.2 Å². The van der Waals surface area contributed by atoms with Crippen LogP contribution in [-0.2, 0) is 14.8 Å². The number of sulfonamides is 1. The number of hydrogen-bond donors (Lipinski definition) is 2. The minimum absolute atomic E-state index is 0.000675. The Balaban J connectivity index is 1.92. The number of ether oxygens (including phenoxy) is 1. The van der Waals surface area contributed by atoms with Gasteiger partial charge in [0.1, 0.15) is 0 Å². The molecule has 3 unspecified atom stereocenters. The molecule has 3 atom stereocenters. The highest BCUT2D eigenvalue weighted by Crippen LogP contribution is 2.26. The Morgan fingerprint density at radius 2 is 2.11 bits per heavy atom. The lowest BCUT2D eigenvalue weighted by Gasteiger charge is -2.20. The van der Waals surface area contributed by atoms with E-state index in [1.807, 2.05) is 0 Å². The summed E-state index contributed by atoms with van der Waals surface area (Å²) in [5, 5.41) is 0. The van der Waals surface area contributed by atoms with Crippen molar-refractivity contribution in [3.63, 3.8) is 0 Å². The van der Waals surface area contributed by atoms with E-state index in [1.54, 1.807) is 0 Å². The van der Waals surface area contributed by atoms with Crippen LogP contribution in [-0.4, -0.2) is 37.9 Å². The van der Waals surface area contributed by atoms with Crippen LogP contribution in [0.2, 0.25) is 0 Å². The molecule has 1 aliphatic carbocycles. The Bertz CT molecular complexity index is 405. The standard InChI is InChI=1S/C11H20N2O3S2/c12-11(17)9-4-1-5-10(9)13-18(14,15)7-8-3-2-6-16-8/h8-10,13H,1-7H2,(H2,12,17). The van der Waals surface area contributed by atoms with Gasteiger partial charge in [0, 0.05) is 18.6 Å². The average molecular weight is 292 g/mol. The molecule has 0 aromatic heterocycles. The normalized spacial score (nSPS) is 32.8. The zero-order valence-corrected chi connectivity index (χ0v) is 11.9. The first-order valence-electron chi connectivity index (χ1n) is 6.39. The van der Waals surface area contributed by atoms with Gasteiger partial charge in [0.25, 0.3) is 0 Å². The highest BCUT2D eigenvalue weighted by Gasteiger charge is 2.33.